The van der Waals surface area contributed by atoms with Crippen molar-refractivity contribution in [3.63, 3.8) is 0 Å². The number of carbonyl (C=O) groups excluding carboxylic acids is 1. The van der Waals surface area contributed by atoms with Crippen LogP contribution in [0.4, 0.5) is 5.69 Å². The maximum absolute atomic E-state index is 11.7. The van der Waals surface area contributed by atoms with Gasteiger partial charge >= 0.3 is 0 Å². The molecule has 0 aromatic heterocycles. The molecule has 1 amide bonds. The van der Waals surface area contributed by atoms with Crippen LogP contribution in [0.3, 0.4) is 0 Å². The lowest BCUT2D eigenvalue weighted by Gasteiger charge is -2.20. The molecule has 134 valence electrons. The van der Waals surface area contributed by atoms with Gasteiger partial charge in [-0.25, -0.2) is 0 Å². The first kappa shape index (κ1) is 19.4. The van der Waals surface area contributed by atoms with Gasteiger partial charge in [-0.05, 0) is 56.7 Å². The predicted octanol–water partition coefficient (Wildman–Crippen LogP) is 4.90. The number of hydrogen-bond donors (Lipinski definition) is 2. The molecule has 0 bridgehead atoms. The molecule has 0 saturated heterocycles. The van der Waals surface area contributed by atoms with Crippen molar-refractivity contribution in [2.75, 3.05) is 11.9 Å². The molecule has 0 aliphatic carbocycles. The van der Waals surface area contributed by atoms with Crippen LogP contribution in [-0.4, -0.2) is 18.1 Å². The van der Waals surface area contributed by atoms with Gasteiger partial charge in [-0.15, -0.1) is 0 Å². The van der Waals surface area contributed by atoms with E-state index in [9.17, 15) is 4.79 Å². The number of carbonyl (C=O) groups is 1. The summed E-state index contributed by atoms with van der Waals surface area (Å²) in [6.45, 7) is 6.43. The lowest BCUT2D eigenvalue weighted by Crippen LogP contribution is -2.43. The zero-order valence-corrected chi connectivity index (χ0v) is 16.0. The number of benzene rings is 2. The fraction of sp³-hybridized carbons (Fsp3) is 0.316. The number of anilines is 1. The Kier molecular flexibility index (Phi) is 6.57. The molecular formula is C19H22Cl2N2O2. The van der Waals surface area contributed by atoms with Gasteiger partial charge in [-0.1, -0.05) is 35.3 Å². The van der Waals surface area contributed by atoms with Gasteiger partial charge < -0.3 is 15.4 Å². The Labute approximate surface area is 158 Å². The first-order chi connectivity index (χ1) is 11.7. The Morgan fingerprint density at radius 3 is 2.32 bits per heavy atom. The zero-order chi connectivity index (χ0) is 18.4. The lowest BCUT2D eigenvalue weighted by atomic mass is 10.1. The van der Waals surface area contributed by atoms with E-state index in [0.29, 0.717) is 22.3 Å². The highest BCUT2D eigenvalue weighted by Gasteiger charge is 2.13. The molecule has 0 unspecified atom stereocenters. The van der Waals surface area contributed by atoms with E-state index >= 15 is 0 Å². The largest absolute Gasteiger partial charge is 0.484 e. The summed E-state index contributed by atoms with van der Waals surface area (Å²) in [7, 11) is 0. The minimum atomic E-state index is -0.263. The number of hydrogen-bond acceptors (Lipinski definition) is 3. The third-order valence-corrected chi connectivity index (χ3v) is 3.96. The van der Waals surface area contributed by atoms with Crippen molar-refractivity contribution < 1.29 is 9.53 Å². The molecule has 0 radical (unpaired) electrons. The molecule has 0 aliphatic heterocycles. The van der Waals surface area contributed by atoms with Crippen molar-refractivity contribution in [2.45, 2.75) is 32.9 Å². The monoisotopic (exact) mass is 380 g/mol. The summed E-state index contributed by atoms with van der Waals surface area (Å²) in [5, 5.41) is 7.18. The van der Waals surface area contributed by atoms with Gasteiger partial charge in [0.15, 0.2) is 6.61 Å². The maximum Gasteiger partial charge on any atom is 0.258 e. The zero-order valence-electron chi connectivity index (χ0n) is 14.5. The standard InChI is InChI=1S/C19H22Cl2N2O2/c1-19(2,3)23-18(24)12-25-15-7-4-13(5-8-15)11-22-14-6-9-16(20)17(21)10-14/h4-10,22H,11-12H2,1-3H3,(H,23,24). The van der Waals surface area contributed by atoms with Crippen molar-refractivity contribution in [2.24, 2.45) is 0 Å². The van der Waals surface area contributed by atoms with Gasteiger partial charge in [0.05, 0.1) is 10.0 Å². The molecule has 0 atom stereocenters. The van der Waals surface area contributed by atoms with Crippen LogP contribution in [-0.2, 0) is 11.3 Å². The molecule has 25 heavy (non-hydrogen) atoms. The minimum Gasteiger partial charge on any atom is -0.484 e. The SMILES string of the molecule is CC(C)(C)NC(=O)COc1ccc(CNc2ccc(Cl)c(Cl)c2)cc1. The Balaban J connectivity index is 1.83. The molecule has 0 heterocycles. The van der Waals surface area contributed by atoms with Gasteiger partial charge in [0.25, 0.3) is 5.91 Å². The lowest BCUT2D eigenvalue weighted by molar-refractivity contribution is -0.124. The predicted molar refractivity (Wildman–Crippen MR) is 104 cm³/mol. The first-order valence-electron chi connectivity index (χ1n) is 7.94. The van der Waals surface area contributed by atoms with Gasteiger partial charge in [-0.3, -0.25) is 4.79 Å². The van der Waals surface area contributed by atoms with Crippen LogP contribution in [0, 0.1) is 0 Å². The summed E-state index contributed by atoms with van der Waals surface area (Å²) < 4.78 is 5.50. The van der Waals surface area contributed by atoms with E-state index in [0.717, 1.165) is 11.3 Å². The first-order valence-corrected chi connectivity index (χ1v) is 8.70. The minimum absolute atomic E-state index is 0.00184. The average molecular weight is 381 g/mol. The molecule has 2 rings (SSSR count). The van der Waals surface area contributed by atoms with E-state index < -0.39 is 0 Å². The van der Waals surface area contributed by atoms with Crippen LogP contribution in [0.5, 0.6) is 5.75 Å². The van der Waals surface area contributed by atoms with Crippen molar-refractivity contribution in [1.82, 2.24) is 5.32 Å². The topological polar surface area (TPSA) is 50.4 Å². The van der Waals surface area contributed by atoms with Crippen LogP contribution < -0.4 is 15.4 Å². The van der Waals surface area contributed by atoms with Crippen LogP contribution in [0.25, 0.3) is 0 Å². The fourth-order valence-electron chi connectivity index (χ4n) is 2.12. The molecule has 2 aromatic carbocycles. The summed E-state index contributed by atoms with van der Waals surface area (Å²) in [5.74, 6) is 0.514. The number of ether oxygens (including phenoxy) is 1. The van der Waals surface area contributed by atoms with Gasteiger partial charge in [0.1, 0.15) is 5.75 Å². The van der Waals surface area contributed by atoms with Gasteiger partial charge in [0.2, 0.25) is 0 Å². The van der Waals surface area contributed by atoms with Crippen molar-refractivity contribution >= 4 is 34.8 Å². The van der Waals surface area contributed by atoms with Gasteiger partial charge in [0, 0.05) is 17.8 Å². The summed E-state index contributed by atoms with van der Waals surface area (Å²) in [4.78, 5) is 11.7. The average Bonchev–Trinajstić information content (AvgIpc) is 2.53. The molecule has 2 aromatic rings. The summed E-state index contributed by atoms with van der Waals surface area (Å²) in [5.41, 5.74) is 1.71. The molecule has 0 saturated carbocycles. The Bertz CT molecular complexity index is 725. The van der Waals surface area contributed by atoms with E-state index in [1.165, 1.54) is 0 Å². The Hall–Kier alpha value is -1.91. The quantitative estimate of drug-likeness (QED) is 0.749. The summed E-state index contributed by atoms with van der Waals surface area (Å²) in [6.07, 6.45) is 0. The van der Waals surface area contributed by atoms with Crippen molar-refractivity contribution in [1.29, 1.82) is 0 Å². The van der Waals surface area contributed by atoms with Crippen LogP contribution in [0.15, 0.2) is 42.5 Å². The molecule has 0 spiro atoms. The van der Waals surface area contributed by atoms with Crippen LogP contribution in [0.1, 0.15) is 26.3 Å². The fourth-order valence-corrected chi connectivity index (χ4v) is 2.42. The number of halogens is 2. The Morgan fingerprint density at radius 1 is 1.04 bits per heavy atom. The number of amides is 1. The van der Waals surface area contributed by atoms with E-state index in [-0.39, 0.29) is 18.1 Å². The van der Waals surface area contributed by atoms with E-state index in [1.54, 1.807) is 12.1 Å². The second-order valence-electron chi connectivity index (χ2n) is 6.71. The summed E-state index contributed by atoms with van der Waals surface area (Å²) >= 11 is 11.9. The highest BCUT2D eigenvalue weighted by molar-refractivity contribution is 6.42. The Morgan fingerprint density at radius 2 is 1.72 bits per heavy atom. The smallest absolute Gasteiger partial charge is 0.258 e. The molecule has 4 nitrogen and oxygen atoms in total. The van der Waals surface area contributed by atoms with E-state index in [2.05, 4.69) is 10.6 Å². The van der Waals surface area contributed by atoms with E-state index in [1.807, 2.05) is 51.1 Å². The summed E-state index contributed by atoms with van der Waals surface area (Å²) in [6, 6.07) is 13.0. The van der Waals surface area contributed by atoms with Gasteiger partial charge in [-0.2, -0.15) is 0 Å². The van der Waals surface area contributed by atoms with E-state index in [4.69, 9.17) is 27.9 Å². The highest BCUT2D eigenvalue weighted by Crippen LogP contribution is 2.25. The maximum atomic E-state index is 11.7. The molecular weight excluding hydrogens is 359 g/mol. The molecule has 0 fully saturated rings. The molecule has 2 N–H and O–H groups in total. The van der Waals surface area contributed by atoms with Crippen LogP contribution >= 0.6 is 23.2 Å². The number of nitrogens with one attached hydrogen (secondary N) is 2. The molecule has 6 heteroatoms. The second-order valence-corrected chi connectivity index (χ2v) is 7.53. The number of rotatable bonds is 6. The van der Waals surface area contributed by atoms with Crippen LogP contribution in [0.2, 0.25) is 10.0 Å². The molecule has 0 aliphatic rings. The second kappa shape index (κ2) is 8.45. The normalized spacial score (nSPS) is 11.1. The third kappa shape index (κ3) is 6.85. The van der Waals surface area contributed by atoms with Crippen molar-refractivity contribution in [3.05, 3.63) is 58.1 Å². The third-order valence-electron chi connectivity index (χ3n) is 3.22. The van der Waals surface area contributed by atoms with Crippen molar-refractivity contribution in [3.8, 4) is 5.75 Å². The highest BCUT2D eigenvalue weighted by atomic mass is 35.5.